The Morgan fingerprint density at radius 1 is 0.419 bits per heavy atom. The van der Waals surface area contributed by atoms with Gasteiger partial charge in [0.2, 0.25) is 0 Å². The van der Waals surface area contributed by atoms with E-state index in [4.69, 9.17) is 20.7 Å². The molecule has 0 saturated heterocycles. The average Bonchev–Trinajstić information content (AvgIpc) is 2.86. The van der Waals surface area contributed by atoms with Gasteiger partial charge in [0, 0.05) is 27.9 Å². The molecule has 31 heavy (non-hydrogen) atoms. The fourth-order valence-electron chi connectivity index (χ4n) is 3.50. The number of benzene rings is 4. The van der Waals surface area contributed by atoms with Crippen molar-refractivity contribution in [2.75, 3.05) is 5.73 Å². The summed E-state index contributed by atoms with van der Waals surface area (Å²) in [5, 5.41) is 0. The van der Waals surface area contributed by atoms with Crippen molar-refractivity contribution in [3.05, 3.63) is 109 Å². The van der Waals surface area contributed by atoms with E-state index in [1.807, 2.05) is 109 Å². The van der Waals surface area contributed by atoms with Crippen LogP contribution in [0.1, 0.15) is 0 Å². The van der Waals surface area contributed by atoms with Crippen LogP contribution < -0.4 is 5.73 Å². The van der Waals surface area contributed by atoms with E-state index >= 15 is 0 Å². The van der Waals surface area contributed by atoms with E-state index in [0.717, 1.165) is 33.5 Å². The minimum Gasteiger partial charge on any atom is -0.398 e. The molecule has 4 aromatic carbocycles. The van der Waals surface area contributed by atoms with Crippen molar-refractivity contribution in [2.24, 2.45) is 0 Å². The molecule has 0 radical (unpaired) electrons. The van der Waals surface area contributed by atoms with Gasteiger partial charge in [-0.15, -0.1) is 0 Å². The van der Waals surface area contributed by atoms with Crippen LogP contribution in [0.15, 0.2) is 109 Å². The Morgan fingerprint density at radius 2 is 0.839 bits per heavy atom. The van der Waals surface area contributed by atoms with Crippen LogP contribution in [0, 0.1) is 0 Å². The van der Waals surface area contributed by atoms with Crippen LogP contribution in [0.2, 0.25) is 0 Å². The van der Waals surface area contributed by atoms with Crippen molar-refractivity contribution in [2.45, 2.75) is 0 Å². The molecule has 4 nitrogen and oxygen atoms in total. The lowest BCUT2D eigenvalue weighted by Crippen LogP contribution is -2.00. The van der Waals surface area contributed by atoms with E-state index < -0.39 is 0 Å². The largest absolute Gasteiger partial charge is 0.398 e. The summed E-state index contributed by atoms with van der Waals surface area (Å²) in [5.74, 6) is 1.90. The maximum absolute atomic E-state index is 6.29. The number of nitrogens with zero attached hydrogens (tertiary/aromatic N) is 3. The summed E-state index contributed by atoms with van der Waals surface area (Å²) < 4.78 is 0. The molecule has 5 aromatic rings. The SMILES string of the molecule is Nc1ccc(-c2nc(-c3ccccc3)nc(-c3ccccc3)n2)cc1-c1ccccc1. The Balaban J connectivity index is 1.69. The molecule has 0 bridgehead atoms. The van der Waals surface area contributed by atoms with Crippen molar-refractivity contribution in [1.82, 2.24) is 15.0 Å². The molecule has 4 heteroatoms. The van der Waals surface area contributed by atoms with Gasteiger partial charge in [-0.05, 0) is 23.8 Å². The van der Waals surface area contributed by atoms with Crippen molar-refractivity contribution in [3.63, 3.8) is 0 Å². The molecule has 0 aliphatic rings. The highest BCUT2D eigenvalue weighted by atomic mass is 15.0. The molecule has 0 aliphatic heterocycles. The maximum Gasteiger partial charge on any atom is 0.164 e. The topological polar surface area (TPSA) is 64.7 Å². The van der Waals surface area contributed by atoms with Gasteiger partial charge in [-0.1, -0.05) is 91.0 Å². The van der Waals surface area contributed by atoms with Gasteiger partial charge in [-0.2, -0.15) is 0 Å². The second-order valence-corrected chi connectivity index (χ2v) is 7.21. The third kappa shape index (κ3) is 3.91. The predicted octanol–water partition coefficient (Wildman–Crippen LogP) is 6.12. The fraction of sp³-hybridized carbons (Fsp3) is 0. The smallest absolute Gasteiger partial charge is 0.164 e. The van der Waals surface area contributed by atoms with E-state index in [2.05, 4.69) is 0 Å². The maximum atomic E-state index is 6.29. The van der Waals surface area contributed by atoms with Crippen LogP contribution in [0.5, 0.6) is 0 Å². The molecule has 0 unspecified atom stereocenters. The molecule has 2 N–H and O–H groups in total. The first kappa shape index (κ1) is 18.7. The zero-order valence-corrected chi connectivity index (χ0v) is 16.8. The average molecular weight is 400 g/mol. The van der Waals surface area contributed by atoms with Crippen molar-refractivity contribution < 1.29 is 0 Å². The highest BCUT2D eigenvalue weighted by Gasteiger charge is 2.13. The Kier molecular flexibility index (Phi) is 4.95. The molecule has 0 spiro atoms. The lowest BCUT2D eigenvalue weighted by molar-refractivity contribution is 1.07. The minimum atomic E-state index is 0.616. The zero-order chi connectivity index (χ0) is 21.0. The van der Waals surface area contributed by atoms with Crippen LogP contribution in [-0.2, 0) is 0 Å². The first-order chi connectivity index (χ1) is 15.3. The quantitative estimate of drug-likeness (QED) is 0.369. The van der Waals surface area contributed by atoms with E-state index in [1.165, 1.54) is 0 Å². The molecular weight excluding hydrogens is 380 g/mol. The number of nitrogens with two attached hydrogens (primary N) is 1. The predicted molar refractivity (Wildman–Crippen MR) is 126 cm³/mol. The summed E-state index contributed by atoms with van der Waals surface area (Å²) in [6.07, 6.45) is 0. The molecule has 0 amide bonds. The standard InChI is InChI=1S/C27H20N4/c28-24-17-16-22(18-23(24)19-10-4-1-5-11-19)27-30-25(20-12-6-2-7-13-20)29-26(31-27)21-14-8-3-9-15-21/h1-18H,28H2. The van der Waals surface area contributed by atoms with E-state index in [-0.39, 0.29) is 0 Å². The lowest BCUT2D eigenvalue weighted by atomic mass is 10.0. The molecule has 0 fully saturated rings. The van der Waals surface area contributed by atoms with E-state index in [9.17, 15) is 0 Å². The second kappa shape index (κ2) is 8.20. The summed E-state index contributed by atoms with van der Waals surface area (Å²) in [6, 6.07) is 35.9. The third-order valence-corrected chi connectivity index (χ3v) is 5.10. The number of nitrogen functional groups attached to an aromatic ring is 1. The Labute approximate surface area is 181 Å². The van der Waals surface area contributed by atoms with Crippen molar-refractivity contribution >= 4 is 5.69 Å². The monoisotopic (exact) mass is 400 g/mol. The van der Waals surface area contributed by atoms with Crippen LogP contribution in [0.25, 0.3) is 45.3 Å². The van der Waals surface area contributed by atoms with Crippen LogP contribution in [0.3, 0.4) is 0 Å². The van der Waals surface area contributed by atoms with Crippen LogP contribution >= 0.6 is 0 Å². The Hall–Kier alpha value is -4.31. The highest BCUT2D eigenvalue weighted by molar-refractivity contribution is 5.81. The zero-order valence-electron chi connectivity index (χ0n) is 16.8. The van der Waals surface area contributed by atoms with Gasteiger partial charge in [0.05, 0.1) is 0 Å². The molecule has 1 aromatic heterocycles. The number of aromatic nitrogens is 3. The summed E-state index contributed by atoms with van der Waals surface area (Å²) >= 11 is 0. The Bertz CT molecular complexity index is 1260. The summed E-state index contributed by atoms with van der Waals surface area (Å²) in [4.78, 5) is 14.4. The van der Waals surface area contributed by atoms with Gasteiger partial charge in [0.1, 0.15) is 0 Å². The molecule has 1 heterocycles. The number of anilines is 1. The van der Waals surface area contributed by atoms with Gasteiger partial charge in [0.15, 0.2) is 17.5 Å². The van der Waals surface area contributed by atoms with Gasteiger partial charge >= 0.3 is 0 Å². The number of rotatable bonds is 4. The van der Waals surface area contributed by atoms with Gasteiger partial charge < -0.3 is 5.73 Å². The van der Waals surface area contributed by atoms with Gasteiger partial charge in [-0.3, -0.25) is 0 Å². The van der Waals surface area contributed by atoms with E-state index in [1.54, 1.807) is 0 Å². The van der Waals surface area contributed by atoms with E-state index in [0.29, 0.717) is 17.5 Å². The first-order valence-corrected chi connectivity index (χ1v) is 10.1. The number of hydrogen-bond acceptors (Lipinski definition) is 4. The molecule has 5 rings (SSSR count). The number of hydrogen-bond donors (Lipinski definition) is 1. The molecule has 0 saturated carbocycles. The minimum absolute atomic E-state index is 0.616. The van der Waals surface area contributed by atoms with Gasteiger partial charge in [-0.25, -0.2) is 15.0 Å². The van der Waals surface area contributed by atoms with Crippen molar-refractivity contribution in [1.29, 1.82) is 0 Å². The van der Waals surface area contributed by atoms with Crippen LogP contribution in [-0.4, -0.2) is 15.0 Å². The molecular formula is C27H20N4. The first-order valence-electron chi connectivity index (χ1n) is 10.1. The summed E-state index contributed by atoms with van der Waals surface area (Å²) in [6.45, 7) is 0. The summed E-state index contributed by atoms with van der Waals surface area (Å²) in [7, 11) is 0. The highest BCUT2D eigenvalue weighted by Crippen LogP contribution is 2.31. The molecule has 0 atom stereocenters. The van der Waals surface area contributed by atoms with Crippen molar-refractivity contribution in [3.8, 4) is 45.3 Å². The lowest BCUT2D eigenvalue weighted by Gasteiger charge is -2.11. The molecule has 148 valence electrons. The second-order valence-electron chi connectivity index (χ2n) is 7.21. The Morgan fingerprint density at radius 3 is 1.32 bits per heavy atom. The fourth-order valence-corrected chi connectivity index (χ4v) is 3.50. The molecule has 0 aliphatic carbocycles. The third-order valence-electron chi connectivity index (χ3n) is 5.10. The summed E-state index contributed by atoms with van der Waals surface area (Å²) in [5.41, 5.74) is 11.8. The normalized spacial score (nSPS) is 10.7. The van der Waals surface area contributed by atoms with Gasteiger partial charge in [0.25, 0.3) is 0 Å². The van der Waals surface area contributed by atoms with Crippen LogP contribution in [0.4, 0.5) is 5.69 Å².